The van der Waals surface area contributed by atoms with Crippen molar-refractivity contribution in [1.82, 2.24) is 0 Å². The van der Waals surface area contributed by atoms with Crippen molar-refractivity contribution < 1.29 is 19.4 Å². The largest absolute Gasteiger partial charge is 0.428 e. The van der Waals surface area contributed by atoms with E-state index < -0.39 is 0 Å². The number of rotatable bonds is 0. The predicted molar refractivity (Wildman–Crippen MR) is 99.5 cm³/mol. The Hall–Kier alpha value is 0.404. The van der Waals surface area contributed by atoms with Crippen LogP contribution in [0.25, 0.3) is 10.1 Å². The summed E-state index contributed by atoms with van der Waals surface area (Å²) in [6, 6.07) is 10.3. The standard InChI is InChI=1S/C8H6S2.2C5H10.ClH.Ti/c9-8-5-6-3-1-2-4-7(6)10-8;2*1-2-4-5-3-1;;/h1-5,9H;2*1-5H2;1H;/q;;;;+4/p-2. The molecular weight excluding hydrogens is 364 g/mol. The molecule has 2 aliphatic carbocycles. The van der Waals surface area contributed by atoms with Gasteiger partial charge in [0.05, 0.1) is 0 Å². The van der Waals surface area contributed by atoms with E-state index in [1.807, 2.05) is 18.2 Å². The quantitative estimate of drug-likeness (QED) is 0.335. The van der Waals surface area contributed by atoms with Crippen LogP contribution in [-0.4, -0.2) is 0 Å². The zero-order valence-corrected chi connectivity index (χ0v) is 17.1. The van der Waals surface area contributed by atoms with Gasteiger partial charge in [0.15, 0.2) is 0 Å². The van der Waals surface area contributed by atoms with Crippen molar-refractivity contribution in [3.63, 3.8) is 0 Å². The minimum atomic E-state index is 0.973. The first kappa shape index (κ1) is 20.4. The molecule has 2 fully saturated rings. The summed E-state index contributed by atoms with van der Waals surface area (Å²) in [4.78, 5) is 0. The van der Waals surface area contributed by atoms with Crippen LogP contribution in [0.2, 0.25) is 0 Å². The van der Waals surface area contributed by atoms with Crippen LogP contribution < -0.4 is 0 Å². The van der Waals surface area contributed by atoms with Crippen molar-refractivity contribution in [3.05, 3.63) is 30.3 Å². The zero-order valence-electron chi connectivity index (χ0n) is 13.2. The average molecular weight is 389 g/mol. The first-order valence-electron chi connectivity index (χ1n) is 8.21. The van der Waals surface area contributed by atoms with E-state index in [0.29, 0.717) is 0 Å². The fourth-order valence-electron chi connectivity index (χ4n) is 2.73. The number of thiophene rings is 1. The molecule has 2 aromatic rings. The first-order chi connectivity index (χ1) is 10.9. The Morgan fingerprint density at radius 2 is 1.18 bits per heavy atom. The molecule has 118 valence electrons. The Bertz CT molecular complexity index is 432. The van der Waals surface area contributed by atoms with Crippen molar-refractivity contribution in [3.8, 4) is 0 Å². The predicted octanol–water partition coefficient (Wildman–Crippen LogP) is 7.40. The monoisotopic (exact) mass is 388 g/mol. The summed E-state index contributed by atoms with van der Waals surface area (Å²) in [5.41, 5.74) is 0. The summed E-state index contributed by atoms with van der Waals surface area (Å²) in [6.07, 6.45) is 15.0. The van der Waals surface area contributed by atoms with E-state index in [-0.39, 0.29) is 0 Å². The number of halogens is 1. The van der Waals surface area contributed by atoms with Gasteiger partial charge < -0.3 is 24.0 Å². The molecule has 1 aromatic carbocycles. The van der Waals surface area contributed by atoms with E-state index in [4.69, 9.17) is 12.6 Å². The van der Waals surface area contributed by atoms with Crippen LogP contribution in [0.1, 0.15) is 64.2 Å². The Morgan fingerprint density at radius 1 is 0.773 bits per heavy atom. The van der Waals surface area contributed by atoms with E-state index in [9.17, 15) is 0 Å². The van der Waals surface area contributed by atoms with Gasteiger partial charge in [-0.3, -0.25) is 0 Å². The molecule has 1 heterocycles. The van der Waals surface area contributed by atoms with Crippen LogP contribution in [0.4, 0.5) is 0 Å². The van der Waals surface area contributed by atoms with Gasteiger partial charge in [-0.05, 0) is 5.39 Å². The molecule has 0 radical (unpaired) electrons. The van der Waals surface area contributed by atoms with E-state index >= 15 is 0 Å². The first-order valence-corrected chi connectivity index (χ1v) is 11.6. The van der Waals surface area contributed by atoms with Gasteiger partial charge in [-0.15, -0.1) is 4.21 Å². The van der Waals surface area contributed by atoms with Gasteiger partial charge in [0, 0.05) is 0 Å². The van der Waals surface area contributed by atoms with Crippen LogP contribution in [0.5, 0.6) is 0 Å². The fourth-order valence-corrected chi connectivity index (χ4v) is 3.92. The summed E-state index contributed by atoms with van der Waals surface area (Å²) in [5.74, 6) is 0. The van der Waals surface area contributed by atoms with Gasteiger partial charge in [-0.1, -0.05) is 99.2 Å². The summed E-state index contributed by atoms with van der Waals surface area (Å²) in [5, 5.41) is 1.26. The Balaban J connectivity index is 0.000000171. The molecule has 2 saturated carbocycles. The van der Waals surface area contributed by atoms with Crippen LogP contribution in [-0.2, 0) is 32.0 Å². The number of benzene rings is 1. The van der Waals surface area contributed by atoms with Crippen molar-refractivity contribution in [2.45, 2.75) is 68.4 Å². The molecule has 1 aromatic heterocycles. The van der Waals surface area contributed by atoms with E-state index in [2.05, 4.69) is 21.4 Å². The van der Waals surface area contributed by atoms with Gasteiger partial charge in [0.1, 0.15) is 0 Å². The molecule has 4 heteroatoms. The molecular formula is C18H25ClS2Ti+2. The third kappa shape index (κ3) is 8.89. The van der Waals surface area contributed by atoms with Gasteiger partial charge in [-0.25, -0.2) is 0 Å². The second kappa shape index (κ2) is 13.8. The molecule has 0 nitrogen and oxygen atoms in total. The smallest absolute Gasteiger partial charge is 0.0284 e. The Kier molecular flexibility index (Phi) is 12.8. The van der Waals surface area contributed by atoms with E-state index in [0.717, 1.165) is 4.21 Å². The summed E-state index contributed by atoms with van der Waals surface area (Å²) >= 11 is 8.17. The average Bonchev–Trinajstić information content (AvgIpc) is 3.32. The van der Waals surface area contributed by atoms with E-state index in [1.54, 1.807) is 11.3 Å². The van der Waals surface area contributed by atoms with Crippen LogP contribution in [0.15, 0.2) is 34.5 Å². The van der Waals surface area contributed by atoms with Gasteiger partial charge in [0.25, 0.3) is 0 Å². The SMILES string of the molecule is C1CCCC1.C1CCCC1.[Cl][Ti+3].[S-]c1cc2ccccc2s1. The minimum Gasteiger partial charge on any atom is -0.428 e. The molecule has 2 aliphatic rings. The molecule has 0 atom stereocenters. The maximum absolute atomic E-state index is 5.03. The third-order valence-electron chi connectivity index (χ3n) is 3.90. The van der Waals surface area contributed by atoms with Crippen molar-refractivity contribution in [1.29, 1.82) is 0 Å². The molecule has 0 saturated heterocycles. The van der Waals surface area contributed by atoms with E-state index in [1.165, 1.54) is 93.7 Å². The number of hydrogen-bond donors (Lipinski definition) is 0. The molecule has 0 bridgehead atoms. The molecule has 0 N–H and O–H groups in total. The molecule has 22 heavy (non-hydrogen) atoms. The van der Waals surface area contributed by atoms with Crippen molar-refractivity contribution in [2.24, 2.45) is 0 Å². The Morgan fingerprint density at radius 3 is 1.59 bits per heavy atom. The summed E-state index contributed by atoms with van der Waals surface area (Å²) in [6.45, 7) is 0. The number of fused-ring (bicyclic) bond motifs is 1. The molecule has 4 rings (SSSR count). The molecule has 0 spiro atoms. The fraction of sp³-hybridized carbons (Fsp3) is 0.556. The van der Waals surface area contributed by atoms with Gasteiger partial charge >= 0.3 is 28.7 Å². The minimum absolute atomic E-state index is 0.973. The van der Waals surface area contributed by atoms with Crippen LogP contribution in [0.3, 0.4) is 0 Å². The molecule has 0 aliphatic heterocycles. The third-order valence-corrected chi connectivity index (χ3v) is 5.18. The van der Waals surface area contributed by atoms with Crippen molar-refractivity contribution >= 4 is 43.4 Å². The summed E-state index contributed by atoms with van der Waals surface area (Å²) in [7, 11) is 4.64. The molecule has 0 unspecified atom stereocenters. The van der Waals surface area contributed by atoms with Gasteiger partial charge in [-0.2, -0.15) is 0 Å². The second-order valence-corrected chi connectivity index (χ2v) is 7.42. The van der Waals surface area contributed by atoms with Gasteiger partial charge in [0.2, 0.25) is 0 Å². The summed E-state index contributed by atoms with van der Waals surface area (Å²) < 4.78 is 2.26. The maximum atomic E-state index is 5.03. The Labute approximate surface area is 160 Å². The normalized spacial score (nSPS) is 16.0. The number of hydrogen-bond acceptors (Lipinski definition) is 2. The van der Waals surface area contributed by atoms with Crippen molar-refractivity contribution in [2.75, 3.05) is 0 Å². The topological polar surface area (TPSA) is 0 Å². The maximum Gasteiger partial charge on any atom is -0.0284 e. The molecule has 0 amide bonds. The van der Waals surface area contributed by atoms with Crippen LogP contribution in [0, 0.1) is 0 Å². The van der Waals surface area contributed by atoms with Crippen LogP contribution >= 0.6 is 20.6 Å². The zero-order chi connectivity index (χ0) is 16.0. The second-order valence-electron chi connectivity index (χ2n) is 5.64.